The molecule has 9 nitrogen and oxygen atoms in total. The van der Waals surface area contributed by atoms with Gasteiger partial charge in [-0.1, -0.05) is 29.8 Å². The zero-order valence-corrected chi connectivity index (χ0v) is 19.6. The van der Waals surface area contributed by atoms with E-state index >= 15 is 0 Å². The SMILES string of the molecule is CCOC(=O)C1=C(C)Nc2c(c(Nc3ccc(C)cc3)nc(=O)n2-c2c(C)noc2C)C1C. The molecular formula is C24H27N5O4. The highest BCUT2D eigenvalue weighted by Gasteiger charge is 2.35. The van der Waals surface area contributed by atoms with Crippen LogP contribution >= 0.6 is 0 Å². The first-order valence-electron chi connectivity index (χ1n) is 10.8. The monoisotopic (exact) mass is 449 g/mol. The highest BCUT2D eigenvalue weighted by Crippen LogP contribution is 2.42. The Morgan fingerprint density at radius 1 is 1.21 bits per heavy atom. The number of ether oxygens (including phenoxy) is 1. The van der Waals surface area contributed by atoms with E-state index < -0.39 is 17.6 Å². The molecule has 3 aromatic rings. The Morgan fingerprint density at radius 3 is 2.52 bits per heavy atom. The number of aryl methyl sites for hydroxylation is 3. The highest BCUT2D eigenvalue weighted by molar-refractivity contribution is 5.94. The second-order valence-corrected chi connectivity index (χ2v) is 8.11. The third kappa shape index (κ3) is 3.90. The second kappa shape index (κ2) is 8.57. The van der Waals surface area contributed by atoms with Crippen LogP contribution in [0.1, 0.15) is 49.3 Å². The lowest BCUT2D eigenvalue weighted by atomic mass is 9.88. The quantitative estimate of drug-likeness (QED) is 0.556. The van der Waals surface area contributed by atoms with Gasteiger partial charge in [0.15, 0.2) is 5.76 Å². The molecule has 1 atom stereocenters. The van der Waals surface area contributed by atoms with Gasteiger partial charge in [0.05, 0.1) is 12.2 Å². The Balaban J connectivity index is 1.96. The number of aromatic nitrogens is 3. The van der Waals surface area contributed by atoms with Gasteiger partial charge < -0.3 is 19.9 Å². The zero-order valence-electron chi connectivity index (χ0n) is 19.6. The molecule has 2 N–H and O–H groups in total. The maximum absolute atomic E-state index is 13.3. The summed E-state index contributed by atoms with van der Waals surface area (Å²) >= 11 is 0. The number of rotatable bonds is 5. The van der Waals surface area contributed by atoms with Crippen LogP contribution in [0.3, 0.4) is 0 Å². The maximum atomic E-state index is 13.3. The summed E-state index contributed by atoms with van der Waals surface area (Å²) in [5.74, 6) is 0.573. The molecule has 1 aliphatic heterocycles. The van der Waals surface area contributed by atoms with Crippen LogP contribution in [0.5, 0.6) is 0 Å². The number of hydrogen-bond acceptors (Lipinski definition) is 8. The molecule has 0 aliphatic carbocycles. The van der Waals surface area contributed by atoms with Crippen molar-refractivity contribution < 1.29 is 14.1 Å². The summed E-state index contributed by atoms with van der Waals surface area (Å²) in [7, 11) is 0. The number of esters is 1. The Bertz CT molecular complexity index is 1300. The average Bonchev–Trinajstić information content (AvgIpc) is 3.08. The highest BCUT2D eigenvalue weighted by atomic mass is 16.5. The van der Waals surface area contributed by atoms with Crippen LogP contribution in [-0.4, -0.2) is 27.3 Å². The maximum Gasteiger partial charge on any atom is 0.355 e. The third-order valence-electron chi connectivity index (χ3n) is 5.74. The standard InChI is InChI=1S/C24H27N5O4/c1-7-32-23(30)18-13(3)19-21(26-17-10-8-12(2)9-11-17)27-24(31)29(22(19)25-14(18)4)20-15(5)28-33-16(20)6/h8-11,13,25H,7H2,1-6H3,(H,26,27,31). The van der Waals surface area contributed by atoms with Gasteiger partial charge in [-0.25, -0.2) is 14.2 Å². The van der Waals surface area contributed by atoms with E-state index in [-0.39, 0.29) is 6.61 Å². The Morgan fingerprint density at radius 2 is 1.91 bits per heavy atom. The predicted molar refractivity (Wildman–Crippen MR) is 125 cm³/mol. The molecule has 0 amide bonds. The number of carbonyl (C=O) groups is 1. The summed E-state index contributed by atoms with van der Waals surface area (Å²) in [4.78, 5) is 30.4. The molecule has 0 saturated heterocycles. The van der Waals surface area contributed by atoms with Crippen molar-refractivity contribution in [2.75, 3.05) is 17.2 Å². The topological polar surface area (TPSA) is 111 Å². The molecule has 1 aliphatic rings. The second-order valence-electron chi connectivity index (χ2n) is 8.11. The summed E-state index contributed by atoms with van der Waals surface area (Å²) in [6, 6.07) is 7.76. The van der Waals surface area contributed by atoms with Crippen molar-refractivity contribution in [3.05, 3.63) is 68.6 Å². The molecular weight excluding hydrogens is 422 g/mol. The van der Waals surface area contributed by atoms with Crippen molar-refractivity contribution in [3.63, 3.8) is 0 Å². The summed E-state index contributed by atoms with van der Waals surface area (Å²) in [5, 5.41) is 10.5. The van der Waals surface area contributed by atoms with Gasteiger partial charge in [0.2, 0.25) is 0 Å². The minimum atomic E-state index is -0.496. The largest absolute Gasteiger partial charge is 0.463 e. The lowest BCUT2D eigenvalue weighted by Gasteiger charge is -2.30. The van der Waals surface area contributed by atoms with Crippen molar-refractivity contribution >= 4 is 23.3 Å². The molecule has 0 fully saturated rings. The number of benzene rings is 1. The van der Waals surface area contributed by atoms with Gasteiger partial charge in [0, 0.05) is 22.9 Å². The van der Waals surface area contributed by atoms with Crippen molar-refractivity contribution in [2.45, 2.75) is 47.5 Å². The van der Waals surface area contributed by atoms with E-state index in [0.717, 1.165) is 11.3 Å². The van der Waals surface area contributed by atoms with Crippen LogP contribution in [0.25, 0.3) is 5.69 Å². The van der Waals surface area contributed by atoms with Crippen LogP contribution in [0.4, 0.5) is 17.3 Å². The van der Waals surface area contributed by atoms with Crippen LogP contribution in [0, 0.1) is 20.8 Å². The summed E-state index contributed by atoms with van der Waals surface area (Å²) < 4.78 is 12.1. The lowest BCUT2D eigenvalue weighted by Crippen LogP contribution is -2.32. The Kier molecular flexibility index (Phi) is 5.80. The van der Waals surface area contributed by atoms with E-state index in [4.69, 9.17) is 9.26 Å². The van der Waals surface area contributed by atoms with E-state index in [2.05, 4.69) is 20.8 Å². The number of nitrogens with one attached hydrogen (secondary N) is 2. The fourth-order valence-electron chi connectivity index (χ4n) is 4.19. The third-order valence-corrected chi connectivity index (χ3v) is 5.74. The first kappa shape index (κ1) is 22.3. The number of fused-ring (bicyclic) bond motifs is 1. The van der Waals surface area contributed by atoms with E-state index in [1.807, 2.05) is 38.1 Å². The van der Waals surface area contributed by atoms with Gasteiger partial charge in [-0.2, -0.15) is 4.98 Å². The molecule has 0 spiro atoms. The van der Waals surface area contributed by atoms with Crippen LogP contribution in [0.15, 0.2) is 44.9 Å². The number of nitrogens with zero attached hydrogens (tertiary/aromatic N) is 3. The molecule has 172 valence electrons. The number of hydrogen-bond donors (Lipinski definition) is 2. The smallest absolute Gasteiger partial charge is 0.355 e. The van der Waals surface area contributed by atoms with E-state index in [1.165, 1.54) is 4.57 Å². The molecule has 1 aromatic carbocycles. The van der Waals surface area contributed by atoms with Crippen molar-refractivity contribution in [2.24, 2.45) is 0 Å². The molecule has 9 heteroatoms. The Labute approximate surface area is 191 Å². The minimum absolute atomic E-state index is 0.264. The zero-order chi connectivity index (χ0) is 23.9. The van der Waals surface area contributed by atoms with E-state index in [1.54, 1.807) is 27.7 Å². The van der Waals surface area contributed by atoms with Crippen molar-refractivity contribution in [1.29, 1.82) is 0 Å². The summed E-state index contributed by atoms with van der Waals surface area (Å²) in [6.07, 6.45) is 0. The molecule has 3 heterocycles. The van der Waals surface area contributed by atoms with Crippen LogP contribution in [-0.2, 0) is 9.53 Å². The van der Waals surface area contributed by atoms with Gasteiger partial charge in [-0.3, -0.25) is 0 Å². The van der Waals surface area contributed by atoms with E-state index in [0.29, 0.717) is 45.6 Å². The molecule has 33 heavy (non-hydrogen) atoms. The average molecular weight is 450 g/mol. The number of carbonyl (C=O) groups excluding carboxylic acids is 1. The molecule has 1 unspecified atom stereocenters. The Hall–Kier alpha value is -3.88. The predicted octanol–water partition coefficient (Wildman–Crippen LogP) is 4.26. The first-order valence-corrected chi connectivity index (χ1v) is 10.8. The molecule has 2 aromatic heterocycles. The molecule has 0 saturated carbocycles. The molecule has 4 rings (SSSR count). The fraction of sp³-hybridized carbons (Fsp3) is 0.333. The van der Waals surface area contributed by atoms with Gasteiger partial charge in [-0.15, -0.1) is 0 Å². The minimum Gasteiger partial charge on any atom is -0.463 e. The molecule has 0 radical (unpaired) electrons. The molecule has 0 bridgehead atoms. The summed E-state index contributed by atoms with van der Waals surface area (Å²) in [6.45, 7) is 11.2. The van der Waals surface area contributed by atoms with Crippen molar-refractivity contribution in [1.82, 2.24) is 14.7 Å². The number of anilines is 3. The summed E-state index contributed by atoms with van der Waals surface area (Å²) in [5.41, 5.74) is 4.25. The van der Waals surface area contributed by atoms with Gasteiger partial charge in [0.25, 0.3) is 0 Å². The van der Waals surface area contributed by atoms with Crippen molar-refractivity contribution in [3.8, 4) is 5.69 Å². The normalized spacial score (nSPS) is 15.2. The lowest BCUT2D eigenvalue weighted by molar-refractivity contribution is -0.138. The number of allylic oxidation sites excluding steroid dienone is 1. The van der Waals surface area contributed by atoms with Gasteiger partial charge >= 0.3 is 11.7 Å². The first-order chi connectivity index (χ1) is 15.7. The van der Waals surface area contributed by atoms with Gasteiger partial charge in [-0.05, 0) is 46.8 Å². The fourth-order valence-corrected chi connectivity index (χ4v) is 4.19. The van der Waals surface area contributed by atoms with E-state index in [9.17, 15) is 9.59 Å². The van der Waals surface area contributed by atoms with Gasteiger partial charge in [0.1, 0.15) is 23.0 Å². The van der Waals surface area contributed by atoms with Crippen LogP contribution < -0.4 is 16.3 Å². The van der Waals surface area contributed by atoms with Crippen LogP contribution in [0.2, 0.25) is 0 Å².